The third-order valence-corrected chi connectivity index (χ3v) is 3.89. The average molecular weight is 283 g/mol. The van der Waals surface area contributed by atoms with Crippen molar-refractivity contribution in [2.24, 2.45) is 5.73 Å². The summed E-state index contributed by atoms with van der Waals surface area (Å²) in [6, 6.07) is 14.6. The fraction of sp³-hybridized carbons (Fsp3) is 0.368. The fourth-order valence-corrected chi connectivity index (χ4v) is 2.67. The first-order valence-corrected chi connectivity index (χ1v) is 7.80. The van der Waals surface area contributed by atoms with Gasteiger partial charge in [0.1, 0.15) is 5.75 Å². The number of benzene rings is 2. The van der Waals surface area contributed by atoms with Crippen molar-refractivity contribution in [3.63, 3.8) is 0 Å². The van der Waals surface area contributed by atoms with Gasteiger partial charge < -0.3 is 10.5 Å². The zero-order chi connectivity index (χ0) is 15.2. The molecule has 2 aromatic rings. The van der Waals surface area contributed by atoms with E-state index in [1.807, 2.05) is 25.1 Å². The number of aryl methyl sites for hydroxylation is 2. The van der Waals surface area contributed by atoms with Crippen LogP contribution >= 0.6 is 0 Å². The van der Waals surface area contributed by atoms with Crippen molar-refractivity contribution in [3.8, 4) is 5.75 Å². The summed E-state index contributed by atoms with van der Waals surface area (Å²) in [6.07, 6.45) is 2.01. The molecule has 0 heterocycles. The molecule has 2 aromatic carbocycles. The minimum absolute atomic E-state index is 0.144. The van der Waals surface area contributed by atoms with Crippen LogP contribution in [0.3, 0.4) is 0 Å². The molecule has 1 atom stereocenters. The lowest BCUT2D eigenvalue weighted by Crippen LogP contribution is -2.16. The smallest absolute Gasteiger partial charge is 0.124 e. The van der Waals surface area contributed by atoms with Crippen molar-refractivity contribution < 1.29 is 4.74 Å². The second kappa shape index (κ2) is 7.28. The molecule has 0 fully saturated rings. The second-order valence-electron chi connectivity index (χ2n) is 5.19. The minimum Gasteiger partial charge on any atom is -0.494 e. The van der Waals surface area contributed by atoms with Gasteiger partial charge in [-0.15, -0.1) is 0 Å². The average Bonchev–Trinajstić information content (AvgIpc) is 2.54. The van der Waals surface area contributed by atoms with E-state index in [0.29, 0.717) is 6.61 Å². The van der Waals surface area contributed by atoms with Crippen LogP contribution in [0.2, 0.25) is 0 Å². The highest BCUT2D eigenvalue weighted by molar-refractivity contribution is 5.45. The van der Waals surface area contributed by atoms with Crippen molar-refractivity contribution >= 4 is 0 Å². The van der Waals surface area contributed by atoms with Gasteiger partial charge in [-0.1, -0.05) is 50.2 Å². The normalized spacial score (nSPS) is 12.2. The monoisotopic (exact) mass is 283 g/mol. The van der Waals surface area contributed by atoms with Gasteiger partial charge >= 0.3 is 0 Å². The molecule has 0 radical (unpaired) electrons. The maximum Gasteiger partial charge on any atom is 0.124 e. The Hall–Kier alpha value is -1.80. The number of hydrogen-bond acceptors (Lipinski definition) is 2. The topological polar surface area (TPSA) is 35.2 Å². The lowest BCUT2D eigenvalue weighted by molar-refractivity contribution is 0.335. The van der Waals surface area contributed by atoms with Gasteiger partial charge in [-0.25, -0.2) is 0 Å². The van der Waals surface area contributed by atoms with Crippen molar-refractivity contribution in [1.29, 1.82) is 0 Å². The van der Waals surface area contributed by atoms with Crippen LogP contribution in [-0.2, 0) is 12.8 Å². The Morgan fingerprint density at radius 2 is 1.71 bits per heavy atom. The largest absolute Gasteiger partial charge is 0.494 e. The van der Waals surface area contributed by atoms with Crippen LogP contribution in [0.1, 0.15) is 49.1 Å². The lowest BCUT2D eigenvalue weighted by Gasteiger charge is -2.20. The molecule has 0 amide bonds. The fourth-order valence-electron chi connectivity index (χ4n) is 2.67. The number of rotatable bonds is 6. The Labute approximate surface area is 127 Å². The summed E-state index contributed by atoms with van der Waals surface area (Å²) >= 11 is 0. The van der Waals surface area contributed by atoms with Gasteiger partial charge in [-0.2, -0.15) is 0 Å². The molecule has 2 heteroatoms. The van der Waals surface area contributed by atoms with Crippen LogP contribution in [0.4, 0.5) is 0 Å². The predicted molar refractivity (Wildman–Crippen MR) is 88.8 cm³/mol. The molecule has 1 unspecified atom stereocenters. The van der Waals surface area contributed by atoms with E-state index in [-0.39, 0.29) is 6.04 Å². The zero-order valence-electron chi connectivity index (χ0n) is 13.2. The van der Waals surface area contributed by atoms with Crippen molar-refractivity contribution in [2.45, 2.75) is 39.7 Å². The Morgan fingerprint density at radius 1 is 0.952 bits per heavy atom. The number of para-hydroxylation sites is 1. The molecule has 2 rings (SSSR count). The summed E-state index contributed by atoms with van der Waals surface area (Å²) in [5.41, 5.74) is 11.5. The van der Waals surface area contributed by atoms with E-state index in [1.54, 1.807) is 0 Å². The van der Waals surface area contributed by atoms with Gasteiger partial charge in [-0.05, 0) is 42.5 Å². The third kappa shape index (κ3) is 3.45. The highest BCUT2D eigenvalue weighted by Crippen LogP contribution is 2.31. The molecule has 112 valence electrons. The third-order valence-electron chi connectivity index (χ3n) is 3.89. The first-order chi connectivity index (χ1) is 10.2. The molecule has 2 nitrogen and oxygen atoms in total. The van der Waals surface area contributed by atoms with E-state index in [0.717, 1.165) is 24.2 Å². The maximum atomic E-state index is 6.57. The van der Waals surface area contributed by atoms with Gasteiger partial charge in [0.05, 0.1) is 12.6 Å². The summed E-state index contributed by atoms with van der Waals surface area (Å²) < 4.78 is 5.73. The molecule has 0 aromatic heterocycles. The first kappa shape index (κ1) is 15.6. The molecule has 0 bridgehead atoms. The summed E-state index contributed by atoms with van der Waals surface area (Å²) in [6.45, 7) is 6.99. The summed E-state index contributed by atoms with van der Waals surface area (Å²) in [5.74, 6) is 0.886. The van der Waals surface area contributed by atoms with Crippen molar-refractivity contribution in [2.75, 3.05) is 6.61 Å². The van der Waals surface area contributed by atoms with E-state index < -0.39 is 0 Å². The van der Waals surface area contributed by atoms with Gasteiger partial charge in [0.25, 0.3) is 0 Å². The Bertz CT molecular complexity index is 592. The van der Waals surface area contributed by atoms with Gasteiger partial charge in [0.15, 0.2) is 0 Å². The Kier molecular flexibility index (Phi) is 5.40. The van der Waals surface area contributed by atoms with E-state index in [1.165, 1.54) is 16.7 Å². The van der Waals surface area contributed by atoms with Gasteiger partial charge in [0.2, 0.25) is 0 Å². The molecule has 0 aliphatic heterocycles. The highest BCUT2D eigenvalue weighted by atomic mass is 16.5. The summed E-state index contributed by atoms with van der Waals surface area (Å²) in [7, 11) is 0. The molecule has 2 N–H and O–H groups in total. The molecule has 0 saturated carbocycles. The molecular formula is C19H25NO. The number of ether oxygens (including phenoxy) is 1. The lowest BCUT2D eigenvalue weighted by atomic mass is 9.91. The summed E-state index contributed by atoms with van der Waals surface area (Å²) in [5, 5.41) is 0. The van der Waals surface area contributed by atoms with Crippen LogP contribution in [0.25, 0.3) is 0 Å². The standard InChI is InChI=1S/C19H25NO/c1-4-14-11-12-15(5-2)17(13-14)19(20)16-9-7-8-10-18(16)21-6-3/h7-13,19H,4-6,20H2,1-3H3. The molecule has 21 heavy (non-hydrogen) atoms. The summed E-state index contributed by atoms with van der Waals surface area (Å²) in [4.78, 5) is 0. The van der Waals surface area contributed by atoms with E-state index in [9.17, 15) is 0 Å². The predicted octanol–water partition coefficient (Wildman–Crippen LogP) is 4.26. The van der Waals surface area contributed by atoms with Crippen LogP contribution < -0.4 is 10.5 Å². The van der Waals surface area contributed by atoms with Gasteiger partial charge in [-0.3, -0.25) is 0 Å². The number of hydrogen-bond donors (Lipinski definition) is 1. The quantitative estimate of drug-likeness (QED) is 0.859. The van der Waals surface area contributed by atoms with Crippen LogP contribution in [0.15, 0.2) is 42.5 Å². The highest BCUT2D eigenvalue weighted by Gasteiger charge is 2.16. The van der Waals surface area contributed by atoms with Crippen LogP contribution in [-0.4, -0.2) is 6.61 Å². The molecular weight excluding hydrogens is 258 g/mol. The first-order valence-electron chi connectivity index (χ1n) is 7.80. The van der Waals surface area contributed by atoms with Crippen molar-refractivity contribution in [3.05, 3.63) is 64.7 Å². The second-order valence-corrected chi connectivity index (χ2v) is 5.19. The Morgan fingerprint density at radius 3 is 2.38 bits per heavy atom. The van der Waals surface area contributed by atoms with E-state index in [4.69, 9.17) is 10.5 Å². The molecule has 0 aliphatic carbocycles. The van der Waals surface area contributed by atoms with Crippen LogP contribution in [0.5, 0.6) is 5.75 Å². The van der Waals surface area contributed by atoms with Gasteiger partial charge in [0, 0.05) is 5.56 Å². The molecule has 0 aliphatic rings. The van der Waals surface area contributed by atoms with Crippen molar-refractivity contribution in [1.82, 2.24) is 0 Å². The SMILES string of the molecule is CCOc1ccccc1C(N)c1cc(CC)ccc1CC. The Balaban J connectivity index is 2.46. The molecule has 0 spiro atoms. The van der Waals surface area contributed by atoms with E-state index in [2.05, 4.69) is 38.1 Å². The maximum absolute atomic E-state index is 6.57. The zero-order valence-corrected chi connectivity index (χ0v) is 13.2. The number of nitrogens with two attached hydrogens (primary N) is 1. The van der Waals surface area contributed by atoms with Crippen LogP contribution in [0, 0.1) is 0 Å². The molecule has 0 saturated heterocycles. The van der Waals surface area contributed by atoms with E-state index >= 15 is 0 Å². The minimum atomic E-state index is -0.144.